The molecular formula is C22H21ClN2O2S3. The Bertz CT molecular complexity index is 1060. The molecule has 1 aromatic heterocycles. The molecular weight excluding hydrogens is 456 g/mol. The number of thiophene rings is 1. The van der Waals surface area contributed by atoms with Gasteiger partial charge in [-0.2, -0.15) is 0 Å². The van der Waals surface area contributed by atoms with Gasteiger partial charge in [0.25, 0.3) is 0 Å². The van der Waals surface area contributed by atoms with Gasteiger partial charge in [-0.3, -0.25) is 0 Å². The van der Waals surface area contributed by atoms with Crippen molar-refractivity contribution in [3.8, 4) is 0 Å². The third kappa shape index (κ3) is 5.35. The molecule has 0 saturated carbocycles. The Kier molecular flexibility index (Phi) is 7.77. The van der Waals surface area contributed by atoms with E-state index in [1.807, 2.05) is 62.4 Å². The zero-order chi connectivity index (χ0) is 21.7. The summed E-state index contributed by atoms with van der Waals surface area (Å²) in [6.45, 7) is 4.02. The lowest BCUT2D eigenvalue weighted by molar-refractivity contribution is 0.0601. The van der Waals surface area contributed by atoms with Crippen LogP contribution in [-0.4, -0.2) is 18.2 Å². The summed E-state index contributed by atoms with van der Waals surface area (Å²) in [5.41, 5.74) is 2.41. The number of thiocarbonyl (C=S) groups is 1. The topological polar surface area (TPSA) is 50.4 Å². The van der Waals surface area contributed by atoms with Gasteiger partial charge in [0.15, 0.2) is 5.11 Å². The van der Waals surface area contributed by atoms with Gasteiger partial charge in [0.1, 0.15) is 5.00 Å². The summed E-state index contributed by atoms with van der Waals surface area (Å²) in [6, 6.07) is 15.6. The van der Waals surface area contributed by atoms with Gasteiger partial charge < -0.3 is 15.4 Å². The van der Waals surface area contributed by atoms with E-state index in [0.29, 0.717) is 20.7 Å². The van der Waals surface area contributed by atoms with E-state index in [1.165, 1.54) is 18.4 Å². The molecule has 8 heteroatoms. The van der Waals surface area contributed by atoms with Crippen LogP contribution in [-0.2, 0) is 11.2 Å². The van der Waals surface area contributed by atoms with Crippen LogP contribution < -0.4 is 10.6 Å². The summed E-state index contributed by atoms with van der Waals surface area (Å²) >= 11 is 14.6. The van der Waals surface area contributed by atoms with Gasteiger partial charge in [-0.05, 0) is 67.5 Å². The molecule has 0 bridgehead atoms. The molecule has 0 aliphatic heterocycles. The van der Waals surface area contributed by atoms with E-state index in [0.717, 1.165) is 32.3 Å². The van der Waals surface area contributed by atoms with Gasteiger partial charge in [-0.1, -0.05) is 42.4 Å². The van der Waals surface area contributed by atoms with E-state index in [-0.39, 0.29) is 5.97 Å². The number of hydrogen-bond acceptors (Lipinski definition) is 5. The highest BCUT2D eigenvalue weighted by atomic mass is 35.5. The van der Waals surface area contributed by atoms with Crippen molar-refractivity contribution in [2.24, 2.45) is 0 Å². The summed E-state index contributed by atoms with van der Waals surface area (Å²) in [7, 11) is 1.39. The standard InChI is InChI=1S/C22H21ClN2O2S3/c1-4-16-13(2)29-20(19(16)21(26)27-3)25-22(28)24-17-7-5-6-8-18(17)30-15-11-9-14(23)10-12-15/h5-12H,4H2,1-3H3,(H2,24,25,28). The lowest BCUT2D eigenvalue weighted by Gasteiger charge is -2.14. The molecule has 3 aromatic rings. The van der Waals surface area contributed by atoms with Crippen LogP contribution in [0.15, 0.2) is 58.3 Å². The third-order valence-corrected chi connectivity index (χ3v) is 6.96. The van der Waals surface area contributed by atoms with E-state index in [9.17, 15) is 4.79 Å². The molecule has 1 heterocycles. The van der Waals surface area contributed by atoms with Crippen molar-refractivity contribution < 1.29 is 9.53 Å². The average molecular weight is 477 g/mol. The fourth-order valence-corrected chi connectivity index (χ4v) is 5.40. The summed E-state index contributed by atoms with van der Waals surface area (Å²) in [5, 5.41) is 8.23. The number of ether oxygens (including phenoxy) is 1. The molecule has 0 atom stereocenters. The minimum atomic E-state index is -0.361. The first-order chi connectivity index (χ1) is 14.4. The number of methoxy groups -OCH3 is 1. The van der Waals surface area contributed by atoms with Crippen molar-refractivity contribution in [2.45, 2.75) is 30.1 Å². The molecule has 2 N–H and O–H groups in total. The lowest BCUT2D eigenvalue weighted by atomic mass is 10.1. The Morgan fingerprint density at radius 1 is 1.17 bits per heavy atom. The van der Waals surface area contributed by atoms with Gasteiger partial charge in [0.2, 0.25) is 0 Å². The molecule has 0 radical (unpaired) electrons. The number of para-hydroxylation sites is 1. The van der Waals surface area contributed by atoms with Gasteiger partial charge >= 0.3 is 5.97 Å². The number of anilines is 2. The summed E-state index contributed by atoms with van der Waals surface area (Å²) in [6.07, 6.45) is 0.745. The van der Waals surface area contributed by atoms with Crippen LogP contribution in [0.25, 0.3) is 0 Å². The van der Waals surface area contributed by atoms with Crippen LogP contribution in [0.4, 0.5) is 10.7 Å². The molecule has 0 fully saturated rings. The monoisotopic (exact) mass is 476 g/mol. The molecule has 0 aliphatic rings. The van der Waals surface area contributed by atoms with E-state index in [1.54, 1.807) is 11.8 Å². The van der Waals surface area contributed by atoms with Gasteiger partial charge in [0, 0.05) is 19.7 Å². The number of carbonyl (C=O) groups excluding carboxylic acids is 1. The summed E-state index contributed by atoms with van der Waals surface area (Å²) < 4.78 is 4.98. The SMILES string of the molecule is CCc1c(C)sc(NC(=S)Nc2ccccc2Sc2ccc(Cl)cc2)c1C(=O)OC. The van der Waals surface area contributed by atoms with E-state index < -0.39 is 0 Å². The fraction of sp³-hybridized carbons (Fsp3) is 0.182. The fourth-order valence-electron chi connectivity index (χ4n) is 2.96. The molecule has 2 aromatic carbocycles. The van der Waals surface area contributed by atoms with Crippen LogP contribution in [0.5, 0.6) is 0 Å². The highest BCUT2D eigenvalue weighted by Crippen LogP contribution is 2.36. The molecule has 4 nitrogen and oxygen atoms in total. The number of nitrogens with one attached hydrogen (secondary N) is 2. The second-order valence-electron chi connectivity index (χ2n) is 6.32. The van der Waals surface area contributed by atoms with Gasteiger partial charge in [-0.15, -0.1) is 11.3 Å². The maximum Gasteiger partial charge on any atom is 0.341 e. The first-order valence-electron chi connectivity index (χ1n) is 9.24. The minimum Gasteiger partial charge on any atom is -0.465 e. The zero-order valence-corrected chi connectivity index (χ0v) is 20.0. The van der Waals surface area contributed by atoms with Crippen LogP contribution in [0.1, 0.15) is 27.7 Å². The maximum absolute atomic E-state index is 12.3. The van der Waals surface area contributed by atoms with Crippen molar-refractivity contribution in [1.29, 1.82) is 0 Å². The van der Waals surface area contributed by atoms with Crippen molar-refractivity contribution in [3.05, 3.63) is 69.6 Å². The Balaban J connectivity index is 1.79. The highest BCUT2D eigenvalue weighted by molar-refractivity contribution is 7.99. The predicted octanol–water partition coefficient (Wildman–Crippen LogP) is 7.02. The Morgan fingerprint density at radius 2 is 1.87 bits per heavy atom. The normalized spacial score (nSPS) is 10.5. The summed E-state index contributed by atoms with van der Waals surface area (Å²) in [5.74, 6) is -0.361. The second-order valence-corrected chi connectivity index (χ2v) is 9.50. The number of esters is 1. The molecule has 0 spiro atoms. The smallest absolute Gasteiger partial charge is 0.341 e. The van der Waals surface area contributed by atoms with Crippen molar-refractivity contribution in [3.63, 3.8) is 0 Å². The summed E-state index contributed by atoms with van der Waals surface area (Å²) in [4.78, 5) is 15.5. The number of hydrogen-bond donors (Lipinski definition) is 2. The first-order valence-corrected chi connectivity index (χ1v) is 11.7. The number of carbonyl (C=O) groups is 1. The molecule has 0 aliphatic carbocycles. The number of halogens is 1. The van der Waals surface area contributed by atoms with E-state index >= 15 is 0 Å². The van der Waals surface area contributed by atoms with Crippen LogP contribution in [0.2, 0.25) is 5.02 Å². The quantitative estimate of drug-likeness (QED) is 0.294. The Hall–Kier alpha value is -2.06. The first kappa shape index (κ1) is 22.6. The average Bonchev–Trinajstić information content (AvgIpc) is 3.05. The van der Waals surface area contributed by atoms with Crippen molar-refractivity contribution in [1.82, 2.24) is 0 Å². The number of aryl methyl sites for hydroxylation is 1. The van der Waals surface area contributed by atoms with Gasteiger partial charge in [-0.25, -0.2) is 4.79 Å². The molecule has 156 valence electrons. The molecule has 3 rings (SSSR count). The Labute approximate surface area is 195 Å². The lowest BCUT2D eigenvalue weighted by Crippen LogP contribution is -2.20. The Morgan fingerprint density at radius 3 is 2.53 bits per heavy atom. The molecule has 0 unspecified atom stereocenters. The number of benzene rings is 2. The zero-order valence-electron chi connectivity index (χ0n) is 16.7. The predicted molar refractivity (Wildman–Crippen MR) is 132 cm³/mol. The van der Waals surface area contributed by atoms with E-state index in [4.69, 9.17) is 28.6 Å². The van der Waals surface area contributed by atoms with Crippen LogP contribution in [0, 0.1) is 6.92 Å². The second kappa shape index (κ2) is 10.3. The molecule has 30 heavy (non-hydrogen) atoms. The third-order valence-electron chi connectivity index (χ3n) is 4.36. The molecule has 0 amide bonds. The van der Waals surface area contributed by atoms with Gasteiger partial charge in [0.05, 0.1) is 18.4 Å². The van der Waals surface area contributed by atoms with Crippen LogP contribution in [0.3, 0.4) is 0 Å². The maximum atomic E-state index is 12.3. The molecule has 0 saturated heterocycles. The van der Waals surface area contributed by atoms with Crippen LogP contribution >= 0.6 is 46.9 Å². The largest absolute Gasteiger partial charge is 0.465 e. The van der Waals surface area contributed by atoms with Crippen molar-refractivity contribution >= 4 is 68.7 Å². The number of rotatable bonds is 6. The highest BCUT2D eigenvalue weighted by Gasteiger charge is 2.22. The van der Waals surface area contributed by atoms with Crippen molar-refractivity contribution in [2.75, 3.05) is 17.7 Å². The minimum absolute atomic E-state index is 0.361. The van der Waals surface area contributed by atoms with E-state index in [2.05, 4.69) is 10.6 Å².